The van der Waals surface area contributed by atoms with E-state index in [9.17, 15) is 4.79 Å². The van der Waals surface area contributed by atoms with Gasteiger partial charge in [0.1, 0.15) is 5.75 Å². The van der Waals surface area contributed by atoms with Crippen LogP contribution in [0, 0.1) is 0 Å². The summed E-state index contributed by atoms with van der Waals surface area (Å²) in [5.74, 6) is 1.66. The van der Waals surface area contributed by atoms with Crippen LogP contribution in [0.1, 0.15) is 5.89 Å². The molecular formula is C16H21N5O3. The molecule has 0 saturated carbocycles. The largest absolute Gasteiger partial charge is 0.497 e. The summed E-state index contributed by atoms with van der Waals surface area (Å²) in [4.78, 5) is 19.7. The van der Waals surface area contributed by atoms with Gasteiger partial charge in [0, 0.05) is 31.7 Å². The zero-order valence-corrected chi connectivity index (χ0v) is 13.6. The van der Waals surface area contributed by atoms with E-state index in [4.69, 9.17) is 15.0 Å². The van der Waals surface area contributed by atoms with Crippen molar-refractivity contribution in [2.24, 2.45) is 5.73 Å². The van der Waals surface area contributed by atoms with E-state index in [0.717, 1.165) is 37.5 Å². The van der Waals surface area contributed by atoms with Crippen LogP contribution in [0.25, 0.3) is 11.4 Å². The molecule has 1 aromatic carbocycles. The number of nitrogens with two attached hydrogens (primary N) is 1. The molecule has 0 radical (unpaired) electrons. The first-order valence-electron chi connectivity index (χ1n) is 7.84. The molecule has 8 heteroatoms. The first kappa shape index (κ1) is 16.4. The lowest BCUT2D eigenvalue weighted by Gasteiger charge is -2.32. The van der Waals surface area contributed by atoms with E-state index in [0.29, 0.717) is 24.8 Å². The molecule has 24 heavy (non-hydrogen) atoms. The summed E-state index contributed by atoms with van der Waals surface area (Å²) in [6.07, 6.45) is 0. The minimum atomic E-state index is -0.288. The molecule has 1 aliphatic heterocycles. The second-order valence-electron chi connectivity index (χ2n) is 5.76. The van der Waals surface area contributed by atoms with E-state index in [1.54, 1.807) is 7.11 Å². The molecule has 0 atom stereocenters. The van der Waals surface area contributed by atoms with Crippen molar-refractivity contribution in [3.05, 3.63) is 30.2 Å². The van der Waals surface area contributed by atoms with E-state index >= 15 is 0 Å². The van der Waals surface area contributed by atoms with Crippen LogP contribution >= 0.6 is 0 Å². The van der Waals surface area contributed by atoms with Crippen LogP contribution in [0.5, 0.6) is 5.75 Å². The molecule has 1 aliphatic rings. The molecule has 1 saturated heterocycles. The van der Waals surface area contributed by atoms with Crippen LogP contribution in [-0.4, -0.2) is 65.7 Å². The molecular weight excluding hydrogens is 310 g/mol. The van der Waals surface area contributed by atoms with E-state index in [-0.39, 0.29) is 5.91 Å². The average molecular weight is 331 g/mol. The topological polar surface area (TPSA) is 97.7 Å². The van der Waals surface area contributed by atoms with Gasteiger partial charge in [0.05, 0.1) is 20.2 Å². The SMILES string of the molecule is COc1ccc(-c2noc(CN3CCN(CC(N)=O)CC3)n2)cc1. The Hall–Kier alpha value is -2.45. The summed E-state index contributed by atoms with van der Waals surface area (Å²) < 4.78 is 10.5. The summed E-state index contributed by atoms with van der Waals surface area (Å²) in [7, 11) is 1.63. The highest BCUT2D eigenvalue weighted by Gasteiger charge is 2.20. The lowest BCUT2D eigenvalue weighted by Crippen LogP contribution is -2.48. The highest BCUT2D eigenvalue weighted by Crippen LogP contribution is 2.20. The summed E-state index contributed by atoms with van der Waals surface area (Å²) >= 11 is 0. The second kappa shape index (κ2) is 7.41. The number of benzene rings is 1. The maximum absolute atomic E-state index is 10.9. The number of hydrogen-bond donors (Lipinski definition) is 1. The highest BCUT2D eigenvalue weighted by molar-refractivity contribution is 5.75. The predicted molar refractivity (Wildman–Crippen MR) is 87.2 cm³/mol. The van der Waals surface area contributed by atoms with Gasteiger partial charge < -0.3 is 15.0 Å². The Balaban J connectivity index is 1.55. The van der Waals surface area contributed by atoms with Gasteiger partial charge in [-0.05, 0) is 24.3 Å². The summed E-state index contributed by atoms with van der Waals surface area (Å²) in [5, 5.41) is 4.04. The number of hydrogen-bond acceptors (Lipinski definition) is 7. The molecule has 128 valence electrons. The fourth-order valence-electron chi connectivity index (χ4n) is 2.69. The maximum atomic E-state index is 10.9. The van der Waals surface area contributed by atoms with Gasteiger partial charge in [-0.1, -0.05) is 5.16 Å². The summed E-state index contributed by atoms with van der Waals surface area (Å²) in [6.45, 7) is 4.22. The summed E-state index contributed by atoms with van der Waals surface area (Å²) in [6, 6.07) is 7.53. The van der Waals surface area contributed by atoms with Crippen molar-refractivity contribution in [3.63, 3.8) is 0 Å². The van der Waals surface area contributed by atoms with Crippen LogP contribution in [0.15, 0.2) is 28.8 Å². The van der Waals surface area contributed by atoms with E-state index < -0.39 is 0 Å². The van der Waals surface area contributed by atoms with Gasteiger partial charge in [-0.15, -0.1) is 0 Å². The van der Waals surface area contributed by atoms with Crippen LogP contribution in [0.3, 0.4) is 0 Å². The van der Waals surface area contributed by atoms with Crippen LogP contribution in [0.4, 0.5) is 0 Å². The number of methoxy groups -OCH3 is 1. The lowest BCUT2D eigenvalue weighted by atomic mass is 10.2. The molecule has 2 heterocycles. The first-order chi connectivity index (χ1) is 11.6. The average Bonchev–Trinajstić information content (AvgIpc) is 3.05. The molecule has 0 bridgehead atoms. The zero-order chi connectivity index (χ0) is 16.9. The van der Waals surface area contributed by atoms with Crippen molar-refractivity contribution >= 4 is 5.91 Å². The molecule has 1 aromatic heterocycles. The fourth-order valence-corrected chi connectivity index (χ4v) is 2.69. The van der Waals surface area contributed by atoms with Crippen molar-refractivity contribution in [2.45, 2.75) is 6.54 Å². The molecule has 0 aliphatic carbocycles. The fraction of sp³-hybridized carbons (Fsp3) is 0.438. The van der Waals surface area contributed by atoms with Gasteiger partial charge in [0.2, 0.25) is 17.6 Å². The molecule has 0 spiro atoms. The third-order valence-electron chi connectivity index (χ3n) is 4.02. The number of rotatable bonds is 6. The Morgan fingerprint density at radius 2 is 1.88 bits per heavy atom. The van der Waals surface area contributed by atoms with Gasteiger partial charge in [-0.25, -0.2) is 0 Å². The molecule has 0 unspecified atom stereocenters. The molecule has 1 amide bonds. The minimum absolute atomic E-state index is 0.288. The van der Waals surface area contributed by atoms with Gasteiger partial charge in [-0.2, -0.15) is 4.98 Å². The van der Waals surface area contributed by atoms with Crippen molar-refractivity contribution in [3.8, 4) is 17.1 Å². The smallest absolute Gasteiger partial charge is 0.241 e. The molecule has 2 N–H and O–H groups in total. The maximum Gasteiger partial charge on any atom is 0.241 e. The number of piperazine rings is 1. The number of ether oxygens (including phenoxy) is 1. The van der Waals surface area contributed by atoms with Crippen molar-refractivity contribution < 1.29 is 14.1 Å². The number of carbonyl (C=O) groups is 1. The van der Waals surface area contributed by atoms with Gasteiger partial charge in [0.25, 0.3) is 0 Å². The monoisotopic (exact) mass is 331 g/mol. The van der Waals surface area contributed by atoms with Crippen LogP contribution < -0.4 is 10.5 Å². The van der Waals surface area contributed by atoms with E-state index in [1.807, 2.05) is 24.3 Å². The molecule has 3 rings (SSSR count). The Morgan fingerprint density at radius 1 is 1.21 bits per heavy atom. The van der Waals surface area contributed by atoms with Gasteiger partial charge in [-0.3, -0.25) is 14.6 Å². The minimum Gasteiger partial charge on any atom is -0.497 e. The second-order valence-corrected chi connectivity index (χ2v) is 5.76. The lowest BCUT2D eigenvalue weighted by molar-refractivity contribution is -0.119. The Morgan fingerprint density at radius 3 is 2.50 bits per heavy atom. The zero-order valence-electron chi connectivity index (χ0n) is 13.6. The third-order valence-corrected chi connectivity index (χ3v) is 4.02. The molecule has 2 aromatic rings. The third kappa shape index (κ3) is 4.09. The summed E-state index contributed by atoms with van der Waals surface area (Å²) in [5.41, 5.74) is 6.11. The van der Waals surface area contributed by atoms with Crippen molar-refractivity contribution in [2.75, 3.05) is 39.8 Å². The Kier molecular flexibility index (Phi) is 5.07. The molecule has 8 nitrogen and oxygen atoms in total. The van der Waals surface area contributed by atoms with Gasteiger partial charge in [0.15, 0.2) is 0 Å². The molecule has 1 fully saturated rings. The number of amides is 1. The van der Waals surface area contributed by atoms with Crippen molar-refractivity contribution in [1.29, 1.82) is 0 Å². The van der Waals surface area contributed by atoms with Crippen LogP contribution in [-0.2, 0) is 11.3 Å². The quantitative estimate of drug-likeness (QED) is 0.815. The number of nitrogens with zero attached hydrogens (tertiary/aromatic N) is 4. The Labute approximate surface area is 140 Å². The van der Waals surface area contributed by atoms with E-state index in [1.165, 1.54) is 0 Å². The standard InChI is InChI=1S/C16H21N5O3/c1-23-13-4-2-12(3-5-13)16-18-15(24-19-16)11-21-8-6-20(7-9-21)10-14(17)22/h2-5H,6-11H2,1H3,(H2,17,22). The van der Waals surface area contributed by atoms with E-state index in [2.05, 4.69) is 19.9 Å². The number of carbonyl (C=O) groups excluding carboxylic acids is 1. The van der Waals surface area contributed by atoms with Gasteiger partial charge >= 0.3 is 0 Å². The highest BCUT2D eigenvalue weighted by atomic mass is 16.5. The van der Waals surface area contributed by atoms with Crippen molar-refractivity contribution in [1.82, 2.24) is 19.9 Å². The number of primary amides is 1. The predicted octanol–water partition coefficient (Wildman–Crippen LogP) is 0.348. The first-order valence-corrected chi connectivity index (χ1v) is 7.84. The van der Waals surface area contributed by atoms with Crippen LogP contribution in [0.2, 0.25) is 0 Å². The Bertz CT molecular complexity index is 677. The normalized spacial score (nSPS) is 16.2. The number of aromatic nitrogens is 2.